The maximum Gasteiger partial charge on any atom is 0.329 e. The molecule has 150 valence electrons. The van der Waals surface area contributed by atoms with Crippen molar-refractivity contribution in [3.05, 3.63) is 63.3 Å². The van der Waals surface area contributed by atoms with Crippen LogP contribution in [0.15, 0.2) is 57.2 Å². The summed E-state index contributed by atoms with van der Waals surface area (Å²) in [6.45, 7) is 1.95. The van der Waals surface area contributed by atoms with Gasteiger partial charge in [0.15, 0.2) is 16.3 Å². The summed E-state index contributed by atoms with van der Waals surface area (Å²) in [5.74, 6) is 1.26. The Kier molecular flexibility index (Phi) is 5.16. The van der Waals surface area contributed by atoms with Gasteiger partial charge < -0.3 is 14.4 Å². The highest BCUT2D eigenvalue weighted by atomic mass is 32.2. The number of nitrogens with zero attached hydrogens (tertiary/aromatic N) is 3. The van der Waals surface area contributed by atoms with Crippen LogP contribution < -0.4 is 16.0 Å². The molecule has 2 N–H and O–H groups in total. The van der Waals surface area contributed by atoms with Crippen molar-refractivity contribution >= 4 is 33.7 Å². The number of imidazole rings is 1. The van der Waals surface area contributed by atoms with Crippen molar-refractivity contribution in [1.82, 2.24) is 19.1 Å². The second kappa shape index (κ2) is 7.76. The zero-order valence-electron chi connectivity index (χ0n) is 16.0. The summed E-state index contributed by atoms with van der Waals surface area (Å²) >= 11 is 1.42. The normalized spacial score (nSPS) is 12.5. The first kappa shape index (κ1) is 19.3. The number of fused-ring (bicyclic) bond motifs is 2. The smallest absolute Gasteiger partial charge is 0.329 e. The predicted molar refractivity (Wildman–Crippen MR) is 113 cm³/mol. The van der Waals surface area contributed by atoms with Gasteiger partial charge >= 0.3 is 5.69 Å². The Hall–Kier alpha value is -3.04. The fourth-order valence-electron chi connectivity index (χ4n) is 3.26. The third-order valence-electron chi connectivity index (χ3n) is 4.60. The van der Waals surface area contributed by atoms with Crippen molar-refractivity contribution in [1.29, 1.82) is 0 Å². The summed E-state index contributed by atoms with van der Waals surface area (Å²) in [4.78, 5) is 31.1. The Morgan fingerprint density at radius 2 is 1.97 bits per heavy atom. The number of aromatic nitrogens is 4. The fraction of sp³-hybridized carbons (Fsp3) is 0.250. The van der Waals surface area contributed by atoms with Crippen molar-refractivity contribution in [3.8, 4) is 5.75 Å². The van der Waals surface area contributed by atoms with Gasteiger partial charge in [0.1, 0.15) is 5.75 Å². The van der Waals surface area contributed by atoms with Gasteiger partial charge in [0, 0.05) is 12.4 Å². The standard InChI is InChI=1S/C20H20N4O4S/c1-3-29-20-21-17-16(18(26)22-19(27)23(17)2)24(20)11-15(25)28-14-10-6-8-12-7-4-5-9-13(12)14/h4-10,15,25H,3,11H2,1-2H3,(H,22,26,27). The molecule has 8 nitrogen and oxygen atoms in total. The lowest BCUT2D eigenvalue weighted by Gasteiger charge is -2.17. The second-order valence-corrected chi connectivity index (χ2v) is 7.71. The van der Waals surface area contributed by atoms with Crippen LogP contribution in [-0.2, 0) is 13.6 Å². The largest absolute Gasteiger partial charge is 0.463 e. The van der Waals surface area contributed by atoms with Gasteiger partial charge in [0.2, 0.25) is 6.29 Å². The lowest BCUT2D eigenvalue weighted by molar-refractivity contribution is -0.0291. The van der Waals surface area contributed by atoms with E-state index in [1.54, 1.807) is 17.7 Å². The summed E-state index contributed by atoms with van der Waals surface area (Å²) in [7, 11) is 1.54. The SMILES string of the molecule is CCSc1nc2c(c(=O)[nH]c(=O)n2C)n1CC(O)Oc1cccc2ccccc12. The maximum absolute atomic E-state index is 12.4. The molecular weight excluding hydrogens is 392 g/mol. The van der Waals surface area contributed by atoms with Gasteiger partial charge in [-0.15, -0.1) is 0 Å². The fourth-order valence-corrected chi connectivity index (χ4v) is 3.99. The highest BCUT2D eigenvalue weighted by Gasteiger charge is 2.20. The first-order valence-corrected chi connectivity index (χ1v) is 10.1. The molecule has 0 spiro atoms. The van der Waals surface area contributed by atoms with Gasteiger partial charge in [-0.1, -0.05) is 55.1 Å². The number of hydrogen-bond acceptors (Lipinski definition) is 6. The lowest BCUT2D eigenvalue weighted by atomic mass is 10.1. The molecule has 0 saturated carbocycles. The van der Waals surface area contributed by atoms with E-state index in [4.69, 9.17) is 4.74 Å². The Morgan fingerprint density at radius 3 is 2.76 bits per heavy atom. The average Bonchev–Trinajstić information content (AvgIpc) is 3.05. The van der Waals surface area contributed by atoms with Crippen LogP contribution >= 0.6 is 11.8 Å². The number of H-pyrrole nitrogens is 1. The summed E-state index contributed by atoms with van der Waals surface area (Å²) in [6, 6.07) is 13.3. The van der Waals surface area contributed by atoms with Crippen LogP contribution in [-0.4, -0.2) is 36.3 Å². The van der Waals surface area contributed by atoms with Crippen LogP contribution in [0.4, 0.5) is 0 Å². The number of hydrogen-bond donors (Lipinski definition) is 2. The number of thioether (sulfide) groups is 1. The number of aryl methyl sites for hydroxylation is 1. The van der Waals surface area contributed by atoms with Crippen LogP contribution in [0.25, 0.3) is 21.9 Å². The van der Waals surface area contributed by atoms with E-state index in [1.165, 1.54) is 16.3 Å². The minimum Gasteiger partial charge on any atom is -0.463 e. The number of aliphatic hydroxyl groups excluding tert-OH is 1. The molecule has 4 aromatic rings. The van der Waals surface area contributed by atoms with E-state index < -0.39 is 17.5 Å². The molecule has 0 fully saturated rings. The molecule has 2 aromatic carbocycles. The summed E-state index contributed by atoms with van der Waals surface area (Å²) in [5.41, 5.74) is -0.584. The van der Waals surface area contributed by atoms with E-state index in [-0.39, 0.29) is 17.7 Å². The number of aliphatic hydroxyl groups is 1. The Bertz CT molecular complexity index is 1300. The summed E-state index contributed by atoms with van der Waals surface area (Å²) in [5, 5.41) is 13.1. The summed E-state index contributed by atoms with van der Waals surface area (Å²) < 4.78 is 8.67. The molecule has 1 unspecified atom stereocenters. The molecule has 29 heavy (non-hydrogen) atoms. The molecular formula is C20H20N4O4S. The van der Waals surface area contributed by atoms with E-state index in [1.807, 2.05) is 43.3 Å². The van der Waals surface area contributed by atoms with Gasteiger partial charge in [-0.3, -0.25) is 14.3 Å². The van der Waals surface area contributed by atoms with Gasteiger partial charge in [-0.25, -0.2) is 9.78 Å². The lowest BCUT2D eigenvalue weighted by Crippen LogP contribution is -2.30. The molecule has 0 amide bonds. The Balaban J connectivity index is 1.73. The quantitative estimate of drug-likeness (QED) is 0.371. The highest BCUT2D eigenvalue weighted by molar-refractivity contribution is 7.99. The van der Waals surface area contributed by atoms with Crippen LogP contribution in [0, 0.1) is 0 Å². The van der Waals surface area contributed by atoms with E-state index in [0.29, 0.717) is 10.9 Å². The minimum absolute atomic E-state index is 0.0106. The monoisotopic (exact) mass is 412 g/mol. The van der Waals surface area contributed by atoms with E-state index in [0.717, 1.165) is 16.5 Å². The molecule has 9 heteroatoms. The maximum atomic E-state index is 12.4. The first-order chi connectivity index (χ1) is 14.0. The number of aromatic amines is 1. The van der Waals surface area contributed by atoms with Crippen LogP contribution in [0.1, 0.15) is 6.92 Å². The number of benzene rings is 2. The van der Waals surface area contributed by atoms with Gasteiger partial charge in [0.25, 0.3) is 5.56 Å². The van der Waals surface area contributed by atoms with Crippen LogP contribution in [0.3, 0.4) is 0 Å². The van der Waals surface area contributed by atoms with Gasteiger partial charge in [0.05, 0.1) is 6.54 Å². The third-order valence-corrected chi connectivity index (χ3v) is 5.46. The molecule has 2 aromatic heterocycles. The first-order valence-electron chi connectivity index (χ1n) is 9.14. The average molecular weight is 412 g/mol. The molecule has 2 heterocycles. The zero-order chi connectivity index (χ0) is 20.5. The number of rotatable bonds is 6. The van der Waals surface area contributed by atoms with Crippen LogP contribution in [0.5, 0.6) is 5.75 Å². The number of ether oxygens (including phenoxy) is 1. The molecule has 1 atom stereocenters. The molecule has 0 aliphatic carbocycles. The molecule has 0 aliphatic heterocycles. The van der Waals surface area contributed by atoms with Crippen molar-refractivity contribution in [2.45, 2.75) is 24.9 Å². The van der Waals surface area contributed by atoms with Gasteiger partial charge in [-0.05, 0) is 17.2 Å². The van der Waals surface area contributed by atoms with E-state index in [2.05, 4.69) is 9.97 Å². The Labute approximate surface area is 169 Å². The highest BCUT2D eigenvalue weighted by Crippen LogP contribution is 2.27. The second-order valence-electron chi connectivity index (χ2n) is 6.48. The van der Waals surface area contributed by atoms with E-state index in [9.17, 15) is 14.7 Å². The van der Waals surface area contributed by atoms with Crippen molar-refractivity contribution in [2.75, 3.05) is 5.75 Å². The van der Waals surface area contributed by atoms with Crippen LogP contribution in [0.2, 0.25) is 0 Å². The molecule has 0 radical (unpaired) electrons. The molecule has 0 aliphatic rings. The molecule has 0 saturated heterocycles. The molecule has 4 rings (SSSR count). The van der Waals surface area contributed by atoms with Crippen molar-refractivity contribution in [2.24, 2.45) is 7.05 Å². The van der Waals surface area contributed by atoms with Gasteiger partial charge in [-0.2, -0.15) is 0 Å². The third kappa shape index (κ3) is 3.54. The number of nitrogens with one attached hydrogen (secondary N) is 1. The minimum atomic E-state index is -1.22. The zero-order valence-corrected chi connectivity index (χ0v) is 16.8. The molecule has 0 bridgehead atoms. The summed E-state index contributed by atoms with van der Waals surface area (Å²) in [6.07, 6.45) is -1.22. The topological polar surface area (TPSA) is 102 Å². The van der Waals surface area contributed by atoms with E-state index >= 15 is 0 Å². The Morgan fingerprint density at radius 1 is 1.21 bits per heavy atom. The van der Waals surface area contributed by atoms with Crippen molar-refractivity contribution in [3.63, 3.8) is 0 Å². The predicted octanol–water partition coefficient (Wildman–Crippen LogP) is 2.09. The van der Waals surface area contributed by atoms with Crippen molar-refractivity contribution < 1.29 is 9.84 Å².